The van der Waals surface area contributed by atoms with Gasteiger partial charge in [0, 0.05) is 61.8 Å². The molecule has 0 spiro atoms. The van der Waals surface area contributed by atoms with Crippen LogP contribution in [0.3, 0.4) is 0 Å². The number of rotatable bonds is 3. The minimum absolute atomic E-state index is 0.0582. The molecule has 0 aliphatic carbocycles. The Labute approximate surface area is 155 Å². The lowest BCUT2D eigenvalue weighted by molar-refractivity contribution is 0.242. The Balaban J connectivity index is 1.42. The van der Waals surface area contributed by atoms with Gasteiger partial charge in [-0.2, -0.15) is 0 Å². The Morgan fingerprint density at radius 3 is 2.93 bits per heavy atom. The topological polar surface area (TPSA) is 90.6 Å². The molecule has 0 atom stereocenters. The molecule has 0 fully saturated rings. The van der Waals surface area contributed by atoms with E-state index in [-0.39, 0.29) is 5.56 Å². The summed E-state index contributed by atoms with van der Waals surface area (Å²) in [5.74, 6) is 0.609. The molecule has 0 saturated heterocycles. The Hall–Kier alpha value is -3.32. The molecule has 0 unspecified atom stereocenters. The van der Waals surface area contributed by atoms with Gasteiger partial charge in [-0.15, -0.1) is 0 Å². The predicted octanol–water partition coefficient (Wildman–Crippen LogP) is 2.27. The van der Waals surface area contributed by atoms with Crippen molar-refractivity contribution in [3.05, 3.63) is 76.2 Å². The van der Waals surface area contributed by atoms with E-state index in [0.29, 0.717) is 12.4 Å². The van der Waals surface area contributed by atoms with Crippen LogP contribution in [-0.4, -0.2) is 36.4 Å². The normalized spacial score (nSPS) is 14.4. The van der Waals surface area contributed by atoms with E-state index in [9.17, 15) is 4.79 Å². The van der Waals surface area contributed by atoms with Crippen LogP contribution in [0.4, 0.5) is 0 Å². The number of fused-ring (bicyclic) bond motifs is 2. The summed E-state index contributed by atoms with van der Waals surface area (Å²) < 4.78 is 0. The maximum Gasteiger partial charge on any atom is 0.255 e. The lowest BCUT2D eigenvalue weighted by atomic mass is 10.1. The highest BCUT2D eigenvalue weighted by molar-refractivity contribution is 5.79. The minimum atomic E-state index is -0.0582. The zero-order chi connectivity index (χ0) is 18.2. The van der Waals surface area contributed by atoms with E-state index in [0.717, 1.165) is 47.4 Å². The third-order valence-electron chi connectivity index (χ3n) is 5.03. The van der Waals surface area contributed by atoms with Gasteiger partial charge in [-0.3, -0.25) is 14.7 Å². The number of hydrogen-bond donors (Lipinski definition) is 2. The van der Waals surface area contributed by atoms with Crippen molar-refractivity contribution in [2.45, 2.75) is 19.5 Å². The van der Waals surface area contributed by atoms with Crippen molar-refractivity contribution in [1.29, 1.82) is 0 Å². The van der Waals surface area contributed by atoms with Gasteiger partial charge in [0.15, 0.2) is 0 Å². The van der Waals surface area contributed by atoms with E-state index in [1.807, 2.05) is 24.4 Å². The molecule has 0 radical (unpaired) electrons. The molecule has 1 aliphatic heterocycles. The fraction of sp³-hybridized carbons (Fsp3) is 0.200. The number of H-pyrrole nitrogens is 2. The molecular weight excluding hydrogens is 340 g/mol. The van der Waals surface area contributed by atoms with Gasteiger partial charge in [0.25, 0.3) is 5.56 Å². The van der Waals surface area contributed by atoms with Crippen LogP contribution in [0.1, 0.15) is 16.8 Å². The van der Waals surface area contributed by atoms with Gasteiger partial charge in [-0.1, -0.05) is 0 Å². The zero-order valence-corrected chi connectivity index (χ0v) is 14.6. The van der Waals surface area contributed by atoms with Crippen LogP contribution in [0, 0.1) is 0 Å². The second kappa shape index (κ2) is 6.44. The first-order valence-corrected chi connectivity index (χ1v) is 8.94. The molecule has 5 rings (SSSR count). The summed E-state index contributed by atoms with van der Waals surface area (Å²) in [5.41, 5.74) is 4.56. The molecule has 0 bridgehead atoms. The third kappa shape index (κ3) is 2.92. The van der Waals surface area contributed by atoms with E-state index in [1.165, 1.54) is 5.56 Å². The SMILES string of the molecule is O=c1[nH]c(-c2ccncc2)nc2c1CN(Cc1c[nH]c3ncccc13)CC2. The first-order valence-electron chi connectivity index (χ1n) is 8.94. The Kier molecular flexibility index (Phi) is 3.79. The van der Waals surface area contributed by atoms with Crippen LogP contribution in [0.2, 0.25) is 0 Å². The molecule has 0 amide bonds. The van der Waals surface area contributed by atoms with Gasteiger partial charge >= 0.3 is 0 Å². The van der Waals surface area contributed by atoms with Crippen molar-refractivity contribution in [3.8, 4) is 11.4 Å². The Bertz CT molecular complexity index is 1160. The number of aromatic nitrogens is 5. The van der Waals surface area contributed by atoms with Gasteiger partial charge < -0.3 is 9.97 Å². The lowest BCUT2D eigenvalue weighted by Gasteiger charge is -2.27. The average molecular weight is 358 g/mol. The summed E-state index contributed by atoms with van der Waals surface area (Å²) in [4.78, 5) is 34.1. The van der Waals surface area contributed by atoms with Gasteiger partial charge in [0.2, 0.25) is 0 Å². The molecule has 5 heterocycles. The van der Waals surface area contributed by atoms with Crippen molar-refractivity contribution in [2.24, 2.45) is 0 Å². The van der Waals surface area contributed by atoms with Crippen LogP contribution >= 0.6 is 0 Å². The molecule has 2 N–H and O–H groups in total. The van der Waals surface area contributed by atoms with Crippen LogP contribution in [0.15, 0.2) is 53.8 Å². The summed E-state index contributed by atoms with van der Waals surface area (Å²) in [6.45, 7) is 2.24. The Morgan fingerprint density at radius 1 is 1.15 bits per heavy atom. The van der Waals surface area contributed by atoms with E-state index >= 15 is 0 Å². The van der Waals surface area contributed by atoms with Gasteiger partial charge in [-0.25, -0.2) is 9.97 Å². The largest absolute Gasteiger partial charge is 0.346 e. The fourth-order valence-corrected chi connectivity index (χ4v) is 3.65. The second-order valence-electron chi connectivity index (χ2n) is 6.75. The van der Waals surface area contributed by atoms with Crippen molar-refractivity contribution < 1.29 is 0 Å². The molecule has 4 aromatic heterocycles. The van der Waals surface area contributed by atoms with Crippen LogP contribution < -0.4 is 5.56 Å². The van der Waals surface area contributed by atoms with Gasteiger partial charge in [-0.05, 0) is 29.8 Å². The molecule has 4 aromatic rings. The number of aromatic amines is 2. The average Bonchev–Trinajstić information content (AvgIpc) is 3.12. The molecule has 1 aliphatic rings. The highest BCUT2D eigenvalue weighted by Gasteiger charge is 2.22. The van der Waals surface area contributed by atoms with Crippen molar-refractivity contribution in [3.63, 3.8) is 0 Å². The molecule has 27 heavy (non-hydrogen) atoms. The lowest BCUT2D eigenvalue weighted by Crippen LogP contribution is -2.35. The fourth-order valence-electron chi connectivity index (χ4n) is 3.65. The first-order chi connectivity index (χ1) is 13.3. The molecule has 0 aromatic carbocycles. The predicted molar refractivity (Wildman–Crippen MR) is 102 cm³/mol. The molecular formula is C20H18N6O. The smallest absolute Gasteiger partial charge is 0.255 e. The van der Waals surface area contributed by atoms with Crippen LogP contribution in [-0.2, 0) is 19.5 Å². The molecule has 7 heteroatoms. The molecule has 7 nitrogen and oxygen atoms in total. The highest BCUT2D eigenvalue weighted by Crippen LogP contribution is 2.22. The summed E-state index contributed by atoms with van der Waals surface area (Å²) in [6.07, 6.45) is 7.95. The number of pyridine rings is 2. The van der Waals surface area contributed by atoms with Crippen LogP contribution in [0.25, 0.3) is 22.4 Å². The standard InChI is InChI=1S/C20H18N6O/c27-20-16-12-26(11-14-10-23-19-15(14)2-1-6-22-19)9-5-17(16)24-18(25-20)13-3-7-21-8-4-13/h1-4,6-8,10H,5,9,11-12H2,(H,22,23)(H,24,25,27). The Morgan fingerprint density at radius 2 is 2.04 bits per heavy atom. The first kappa shape index (κ1) is 15.9. The monoisotopic (exact) mass is 358 g/mol. The van der Waals surface area contributed by atoms with Gasteiger partial charge in [0.05, 0.1) is 11.3 Å². The van der Waals surface area contributed by atoms with Crippen molar-refractivity contribution >= 4 is 11.0 Å². The molecule has 0 saturated carbocycles. The number of hydrogen-bond acceptors (Lipinski definition) is 5. The maximum atomic E-state index is 12.7. The minimum Gasteiger partial charge on any atom is -0.346 e. The summed E-state index contributed by atoms with van der Waals surface area (Å²) >= 11 is 0. The van der Waals surface area contributed by atoms with E-state index < -0.39 is 0 Å². The summed E-state index contributed by atoms with van der Waals surface area (Å²) in [5, 5.41) is 1.13. The van der Waals surface area contributed by atoms with E-state index in [1.54, 1.807) is 18.6 Å². The summed E-state index contributed by atoms with van der Waals surface area (Å²) in [7, 11) is 0. The van der Waals surface area contributed by atoms with E-state index in [4.69, 9.17) is 4.98 Å². The third-order valence-corrected chi connectivity index (χ3v) is 5.03. The molecule has 134 valence electrons. The zero-order valence-electron chi connectivity index (χ0n) is 14.6. The van der Waals surface area contributed by atoms with Crippen molar-refractivity contribution in [2.75, 3.05) is 6.54 Å². The van der Waals surface area contributed by atoms with E-state index in [2.05, 4.69) is 30.9 Å². The number of nitrogens with one attached hydrogen (secondary N) is 2. The maximum absolute atomic E-state index is 12.7. The quantitative estimate of drug-likeness (QED) is 0.586. The van der Waals surface area contributed by atoms with Crippen LogP contribution in [0.5, 0.6) is 0 Å². The number of nitrogens with zero attached hydrogens (tertiary/aromatic N) is 4. The van der Waals surface area contributed by atoms with Crippen molar-refractivity contribution in [1.82, 2.24) is 29.8 Å². The highest BCUT2D eigenvalue weighted by atomic mass is 16.1. The summed E-state index contributed by atoms with van der Waals surface area (Å²) in [6, 6.07) is 7.72. The second-order valence-corrected chi connectivity index (χ2v) is 6.75. The van der Waals surface area contributed by atoms with Gasteiger partial charge in [0.1, 0.15) is 11.5 Å².